The number of nitrogens with one attached hydrogen (secondary N) is 2. The SMILES string of the molecule is CCOc1cccc(CNC(=O)c2cn3c(n2)C(=O)NC(c2ccc(F)cc2)C3)c1. The van der Waals surface area contributed by atoms with E-state index in [2.05, 4.69) is 15.6 Å². The van der Waals surface area contributed by atoms with Crippen molar-refractivity contribution in [2.24, 2.45) is 0 Å². The van der Waals surface area contributed by atoms with Crippen molar-refractivity contribution in [3.63, 3.8) is 0 Å². The number of benzene rings is 2. The standard InChI is InChI=1S/C22H21FN4O3/c1-2-30-17-5-3-4-14(10-17)11-24-21(28)19-13-27-12-18(26-22(29)20(27)25-19)15-6-8-16(23)9-7-15/h3-10,13,18H,2,11-12H2,1H3,(H,24,28)(H,26,29). The summed E-state index contributed by atoms with van der Waals surface area (Å²) in [4.78, 5) is 29.2. The molecule has 2 amide bonds. The van der Waals surface area contributed by atoms with Gasteiger partial charge in [0.25, 0.3) is 11.8 Å². The van der Waals surface area contributed by atoms with E-state index >= 15 is 0 Å². The minimum atomic E-state index is -0.376. The third kappa shape index (κ3) is 4.17. The second-order valence-electron chi connectivity index (χ2n) is 6.94. The van der Waals surface area contributed by atoms with E-state index in [0.717, 1.165) is 16.9 Å². The zero-order chi connectivity index (χ0) is 21.1. The van der Waals surface area contributed by atoms with Crippen LogP contribution in [0.4, 0.5) is 4.39 Å². The Hall–Kier alpha value is -3.68. The topological polar surface area (TPSA) is 85.2 Å². The molecule has 4 rings (SSSR count). The molecule has 0 bridgehead atoms. The van der Waals surface area contributed by atoms with Crippen molar-refractivity contribution in [2.75, 3.05) is 6.61 Å². The molecule has 2 heterocycles. The van der Waals surface area contributed by atoms with E-state index in [1.165, 1.54) is 12.1 Å². The first-order valence-electron chi connectivity index (χ1n) is 9.67. The van der Waals surface area contributed by atoms with E-state index in [9.17, 15) is 14.0 Å². The smallest absolute Gasteiger partial charge is 0.287 e. The molecule has 0 saturated heterocycles. The summed E-state index contributed by atoms with van der Waals surface area (Å²) in [6.07, 6.45) is 1.57. The van der Waals surface area contributed by atoms with E-state index in [-0.39, 0.29) is 35.2 Å². The lowest BCUT2D eigenvalue weighted by Gasteiger charge is -2.25. The lowest BCUT2D eigenvalue weighted by atomic mass is 10.1. The van der Waals surface area contributed by atoms with Crippen molar-refractivity contribution in [1.82, 2.24) is 20.2 Å². The minimum Gasteiger partial charge on any atom is -0.494 e. The van der Waals surface area contributed by atoms with Crippen molar-refractivity contribution in [2.45, 2.75) is 26.1 Å². The molecule has 2 N–H and O–H groups in total. The Balaban J connectivity index is 1.45. The number of hydrogen-bond acceptors (Lipinski definition) is 4. The molecule has 2 aromatic carbocycles. The Morgan fingerprint density at radius 1 is 1.30 bits per heavy atom. The molecule has 154 valence electrons. The number of aromatic nitrogens is 2. The van der Waals surface area contributed by atoms with Crippen LogP contribution in [0.5, 0.6) is 5.75 Å². The molecule has 1 unspecified atom stereocenters. The van der Waals surface area contributed by atoms with E-state index in [4.69, 9.17) is 4.74 Å². The summed E-state index contributed by atoms with van der Waals surface area (Å²) in [5.74, 6) is -0.166. The van der Waals surface area contributed by atoms with E-state index in [1.54, 1.807) is 22.9 Å². The highest BCUT2D eigenvalue weighted by Gasteiger charge is 2.28. The van der Waals surface area contributed by atoms with Crippen molar-refractivity contribution < 1.29 is 18.7 Å². The summed E-state index contributed by atoms with van der Waals surface area (Å²) in [5, 5.41) is 5.66. The minimum absolute atomic E-state index is 0.167. The zero-order valence-corrected chi connectivity index (χ0v) is 16.4. The van der Waals surface area contributed by atoms with Crippen LogP contribution in [0, 0.1) is 5.82 Å². The van der Waals surface area contributed by atoms with E-state index in [1.807, 2.05) is 31.2 Å². The summed E-state index contributed by atoms with van der Waals surface area (Å²) < 4.78 is 20.3. The van der Waals surface area contributed by atoms with E-state index < -0.39 is 0 Å². The number of imidazole rings is 1. The largest absolute Gasteiger partial charge is 0.494 e. The number of hydrogen-bond donors (Lipinski definition) is 2. The van der Waals surface area contributed by atoms with Crippen LogP contribution < -0.4 is 15.4 Å². The van der Waals surface area contributed by atoms with Crippen molar-refractivity contribution in [1.29, 1.82) is 0 Å². The average Bonchev–Trinajstić information content (AvgIpc) is 3.18. The Morgan fingerprint density at radius 2 is 2.10 bits per heavy atom. The summed E-state index contributed by atoms with van der Waals surface area (Å²) in [5.41, 5.74) is 1.84. The lowest BCUT2D eigenvalue weighted by molar-refractivity contribution is 0.0894. The molecule has 0 spiro atoms. The molecule has 0 fully saturated rings. The summed E-state index contributed by atoms with van der Waals surface area (Å²) >= 11 is 0. The third-order valence-corrected chi connectivity index (χ3v) is 4.83. The maximum absolute atomic E-state index is 13.2. The second-order valence-corrected chi connectivity index (χ2v) is 6.94. The van der Waals surface area contributed by atoms with Crippen LogP contribution in [-0.2, 0) is 13.1 Å². The summed E-state index contributed by atoms with van der Waals surface area (Å²) in [6, 6.07) is 13.1. The molecule has 0 aliphatic carbocycles. The highest BCUT2D eigenvalue weighted by Crippen LogP contribution is 2.22. The van der Waals surface area contributed by atoms with Gasteiger partial charge >= 0.3 is 0 Å². The van der Waals surface area contributed by atoms with Crippen LogP contribution in [0.25, 0.3) is 0 Å². The van der Waals surface area contributed by atoms with Gasteiger partial charge in [0.05, 0.1) is 12.6 Å². The molecule has 1 atom stereocenters. The quantitative estimate of drug-likeness (QED) is 0.657. The lowest BCUT2D eigenvalue weighted by Crippen LogP contribution is -2.38. The van der Waals surface area contributed by atoms with Crippen molar-refractivity contribution in [3.05, 3.63) is 83.2 Å². The number of rotatable bonds is 6. The van der Waals surface area contributed by atoms with Gasteiger partial charge in [-0.2, -0.15) is 0 Å². The normalized spacial score (nSPS) is 15.3. The maximum atomic E-state index is 13.2. The number of halogens is 1. The highest BCUT2D eigenvalue weighted by molar-refractivity contribution is 5.96. The molecule has 1 aromatic heterocycles. The fraction of sp³-hybridized carbons (Fsp3) is 0.227. The number of nitrogens with zero attached hydrogens (tertiary/aromatic N) is 2. The van der Waals surface area contributed by atoms with Gasteiger partial charge in [0.2, 0.25) is 0 Å². The van der Waals surface area contributed by atoms with Crippen LogP contribution in [0.1, 0.15) is 45.2 Å². The van der Waals surface area contributed by atoms with Gasteiger partial charge in [-0.25, -0.2) is 9.37 Å². The molecule has 3 aromatic rings. The van der Waals surface area contributed by atoms with Gasteiger partial charge in [0, 0.05) is 19.3 Å². The van der Waals surface area contributed by atoms with Gasteiger partial charge in [-0.3, -0.25) is 9.59 Å². The molecule has 8 heteroatoms. The molecule has 30 heavy (non-hydrogen) atoms. The Morgan fingerprint density at radius 3 is 2.87 bits per heavy atom. The summed E-state index contributed by atoms with van der Waals surface area (Å²) in [6.45, 7) is 3.19. The van der Waals surface area contributed by atoms with Crippen LogP contribution in [0.2, 0.25) is 0 Å². The maximum Gasteiger partial charge on any atom is 0.287 e. The van der Waals surface area contributed by atoms with Gasteiger partial charge in [-0.1, -0.05) is 24.3 Å². The zero-order valence-electron chi connectivity index (χ0n) is 16.4. The van der Waals surface area contributed by atoms with Crippen LogP contribution in [-0.4, -0.2) is 28.0 Å². The summed E-state index contributed by atoms with van der Waals surface area (Å²) in [7, 11) is 0. The first-order chi connectivity index (χ1) is 14.5. The van der Waals surface area contributed by atoms with Gasteiger partial charge in [-0.15, -0.1) is 0 Å². The molecular formula is C22H21FN4O3. The average molecular weight is 408 g/mol. The first-order valence-corrected chi connectivity index (χ1v) is 9.67. The molecule has 0 radical (unpaired) electrons. The predicted octanol–water partition coefficient (Wildman–Crippen LogP) is 2.84. The van der Waals surface area contributed by atoms with E-state index in [0.29, 0.717) is 19.7 Å². The Bertz CT molecular complexity index is 1080. The molecule has 0 saturated carbocycles. The van der Waals surface area contributed by atoms with Crippen molar-refractivity contribution >= 4 is 11.8 Å². The van der Waals surface area contributed by atoms with Crippen LogP contribution >= 0.6 is 0 Å². The number of ether oxygens (including phenoxy) is 1. The molecular weight excluding hydrogens is 387 g/mol. The van der Waals surface area contributed by atoms with Gasteiger partial charge in [-0.05, 0) is 42.3 Å². The Kier molecular flexibility index (Phi) is 5.47. The Labute approximate surface area is 172 Å². The number of fused-ring (bicyclic) bond motifs is 1. The monoisotopic (exact) mass is 408 g/mol. The van der Waals surface area contributed by atoms with Crippen LogP contribution in [0.3, 0.4) is 0 Å². The molecule has 1 aliphatic heterocycles. The van der Waals surface area contributed by atoms with Crippen molar-refractivity contribution in [3.8, 4) is 5.75 Å². The van der Waals surface area contributed by atoms with Gasteiger partial charge < -0.3 is 19.9 Å². The molecule has 7 nitrogen and oxygen atoms in total. The third-order valence-electron chi connectivity index (χ3n) is 4.83. The van der Waals surface area contributed by atoms with Crippen LogP contribution in [0.15, 0.2) is 54.7 Å². The second kappa shape index (κ2) is 8.36. The highest BCUT2D eigenvalue weighted by atomic mass is 19.1. The fourth-order valence-corrected chi connectivity index (χ4v) is 3.38. The molecule has 1 aliphatic rings. The fourth-order valence-electron chi connectivity index (χ4n) is 3.38. The number of amides is 2. The van der Waals surface area contributed by atoms with Gasteiger partial charge in [0.1, 0.15) is 17.3 Å². The first kappa shape index (κ1) is 19.6. The predicted molar refractivity (Wildman–Crippen MR) is 108 cm³/mol. The number of carbonyl (C=O) groups is 2. The number of carbonyl (C=O) groups excluding carboxylic acids is 2. The van der Waals surface area contributed by atoms with Gasteiger partial charge in [0.15, 0.2) is 5.82 Å².